The predicted octanol–water partition coefficient (Wildman–Crippen LogP) is 1.39. The van der Waals surface area contributed by atoms with Crippen LogP contribution in [0.4, 0.5) is 0 Å². The Hall–Kier alpha value is -0.840. The van der Waals surface area contributed by atoms with Crippen molar-refractivity contribution < 1.29 is 14.6 Å². The van der Waals surface area contributed by atoms with Crippen LogP contribution in [0.25, 0.3) is 0 Å². The van der Waals surface area contributed by atoms with Gasteiger partial charge in [0, 0.05) is 5.69 Å². The van der Waals surface area contributed by atoms with E-state index in [1.807, 2.05) is 13.8 Å². The molecule has 1 aromatic rings. The molecule has 2 heterocycles. The van der Waals surface area contributed by atoms with E-state index in [9.17, 15) is 5.11 Å². The van der Waals surface area contributed by atoms with E-state index in [4.69, 9.17) is 9.47 Å². The first kappa shape index (κ1) is 11.6. The average molecular weight is 225 g/mol. The summed E-state index contributed by atoms with van der Waals surface area (Å²) in [6.45, 7) is 7.70. The van der Waals surface area contributed by atoms with Crippen molar-refractivity contribution >= 4 is 0 Å². The highest BCUT2D eigenvalue weighted by molar-refractivity contribution is 5.35. The maximum absolute atomic E-state index is 10.2. The maximum atomic E-state index is 10.2. The standard InChI is InChI=1S/C12H19NO3/c1-7-8(2)11(13-9(7)3)12(14)10-6-15-4-5-16-10/h10,12-14H,4-6H2,1-3H3. The Balaban J connectivity index is 2.19. The summed E-state index contributed by atoms with van der Waals surface area (Å²) in [4.78, 5) is 3.22. The first-order chi connectivity index (χ1) is 7.61. The highest BCUT2D eigenvalue weighted by atomic mass is 16.6. The summed E-state index contributed by atoms with van der Waals surface area (Å²) in [6.07, 6.45) is -0.891. The number of H-pyrrole nitrogens is 1. The molecule has 0 radical (unpaired) electrons. The third kappa shape index (κ3) is 2.00. The number of nitrogens with one attached hydrogen (secondary N) is 1. The number of aliphatic hydroxyl groups excluding tert-OH is 1. The Morgan fingerprint density at radius 1 is 1.25 bits per heavy atom. The molecule has 2 atom stereocenters. The topological polar surface area (TPSA) is 54.5 Å². The highest BCUT2D eigenvalue weighted by Gasteiger charge is 2.27. The van der Waals surface area contributed by atoms with Crippen molar-refractivity contribution in [3.63, 3.8) is 0 Å². The summed E-state index contributed by atoms with van der Waals surface area (Å²) >= 11 is 0. The van der Waals surface area contributed by atoms with Crippen LogP contribution in [0.15, 0.2) is 0 Å². The lowest BCUT2D eigenvalue weighted by Crippen LogP contribution is -2.34. The van der Waals surface area contributed by atoms with E-state index in [-0.39, 0.29) is 6.10 Å². The van der Waals surface area contributed by atoms with Gasteiger partial charge in [0.15, 0.2) is 0 Å². The molecule has 2 unspecified atom stereocenters. The maximum Gasteiger partial charge on any atom is 0.122 e. The van der Waals surface area contributed by atoms with E-state index in [1.165, 1.54) is 5.56 Å². The Labute approximate surface area is 95.6 Å². The normalized spacial score (nSPS) is 23.4. The van der Waals surface area contributed by atoms with Gasteiger partial charge in [-0.3, -0.25) is 0 Å². The van der Waals surface area contributed by atoms with E-state index in [2.05, 4.69) is 11.9 Å². The number of hydrogen-bond acceptors (Lipinski definition) is 3. The number of aryl methyl sites for hydroxylation is 1. The molecule has 1 aromatic heterocycles. The van der Waals surface area contributed by atoms with Gasteiger partial charge in [-0.25, -0.2) is 0 Å². The molecule has 4 heteroatoms. The molecule has 0 aliphatic carbocycles. The second kappa shape index (κ2) is 4.57. The van der Waals surface area contributed by atoms with Gasteiger partial charge >= 0.3 is 0 Å². The van der Waals surface area contributed by atoms with Gasteiger partial charge in [-0.2, -0.15) is 0 Å². The van der Waals surface area contributed by atoms with Crippen molar-refractivity contribution in [1.29, 1.82) is 0 Å². The number of hydrogen-bond donors (Lipinski definition) is 2. The van der Waals surface area contributed by atoms with Crippen molar-refractivity contribution in [2.24, 2.45) is 0 Å². The zero-order chi connectivity index (χ0) is 11.7. The van der Waals surface area contributed by atoms with Crippen molar-refractivity contribution in [2.75, 3.05) is 19.8 Å². The van der Waals surface area contributed by atoms with Gasteiger partial charge in [-0.05, 0) is 31.9 Å². The molecule has 90 valence electrons. The minimum atomic E-state index is -0.632. The third-order valence-corrected chi connectivity index (χ3v) is 3.34. The number of ether oxygens (including phenoxy) is 2. The molecular formula is C12H19NO3. The van der Waals surface area contributed by atoms with Crippen LogP contribution in [0.1, 0.15) is 28.6 Å². The molecule has 1 saturated heterocycles. The molecule has 0 aromatic carbocycles. The van der Waals surface area contributed by atoms with E-state index in [1.54, 1.807) is 0 Å². The fraction of sp³-hybridized carbons (Fsp3) is 0.667. The second-order valence-electron chi connectivity index (χ2n) is 4.34. The van der Waals surface area contributed by atoms with Crippen molar-refractivity contribution in [2.45, 2.75) is 33.0 Å². The summed E-state index contributed by atoms with van der Waals surface area (Å²) in [5.74, 6) is 0. The molecule has 16 heavy (non-hydrogen) atoms. The van der Waals surface area contributed by atoms with Gasteiger partial charge in [0.25, 0.3) is 0 Å². The van der Waals surface area contributed by atoms with Crippen molar-refractivity contribution in [3.05, 3.63) is 22.5 Å². The van der Waals surface area contributed by atoms with E-state index in [0.717, 1.165) is 17.0 Å². The Bertz CT molecular complexity index is 367. The molecule has 1 aliphatic heterocycles. The van der Waals surface area contributed by atoms with Crippen LogP contribution in [0.2, 0.25) is 0 Å². The summed E-state index contributed by atoms with van der Waals surface area (Å²) in [5.41, 5.74) is 4.26. The van der Waals surface area contributed by atoms with Gasteiger partial charge in [0.1, 0.15) is 12.2 Å². The summed E-state index contributed by atoms with van der Waals surface area (Å²) in [5, 5.41) is 10.2. The lowest BCUT2D eigenvalue weighted by molar-refractivity contribution is -0.134. The van der Waals surface area contributed by atoms with Crippen molar-refractivity contribution in [1.82, 2.24) is 4.98 Å². The lowest BCUT2D eigenvalue weighted by Gasteiger charge is -2.27. The summed E-state index contributed by atoms with van der Waals surface area (Å²) in [7, 11) is 0. The molecule has 0 amide bonds. The molecule has 2 N–H and O–H groups in total. The Morgan fingerprint density at radius 3 is 2.50 bits per heavy atom. The SMILES string of the molecule is Cc1[nH]c(C(O)C2COCCO2)c(C)c1C. The molecular weight excluding hydrogens is 206 g/mol. The van der Waals surface area contributed by atoms with Gasteiger partial charge in [0.05, 0.1) is 25.5 Å². The Kier molecular flexibility index (Phi) is 3.33. The number of aromatic nitrogens is 1. The quantitative estimate of drug-likeness (QED) is 0.799. The minimum absolute atomic E-state index is 0.259. The van der Waals surface area contributed by atoms with Gasteiger partial charge in [0.2, 0.25) is 0 Å². The monoisotopic (exact) mass is 225 g/mol. The molecule has 0 spiro atoms. The van der Waals surface area contributed by atoms with Crippen molar-refractivity contribution in [3.8, 4) is 0 Å². The molecule has 0 bridgehead atoms. The zero-order valence-electron chi connectivity index (χ0n) is 10.0. The van der Waals surface area contributed by atoms with Crippen LogP contribution in [0, 0.1) is 20.8 Å². The van der Waals surface area contributed by atoms with Crippen LogP contribution in [-0.2, 0) is 9.47 Å². The largest absolute Gasteiger partial charge is 0.384 e. The number of aliphatic hydroxyl groups is 1. The molecule has 1 aliphatic rings. The van der Waals surface area contributed by atoms with E-state index >= 15 is 0 Å². The van der Waals surface area contributed by atoms with Crippen LogP contribution >= 0.6 is 0 Å². The number of rotatable bonds is 2. The molecule has 1 fully saturated rings. The first-order valence-corrected chi connectivity index (χ1v) is 5.64. The highest BCUT2D eigenvalue weighted by Crippen LogP contribution is 2.26. The number of aromatic amines is 1. The first-order valence-electron chi connectivity index (χ1n) is 5.64. The third-order valence-electron chi connectivity index (χ3n) is 3.34. The van der Waals surface area contributed by atoms with Gasteiger partial charge in [-0.15, -0.1) is 0 Å². The van der Waals surface area contributed by atoms with Gasteiger partial charge in [-0.1, -0.05) is 0 Å². The fourth-order valence-electron chi connectivity index (χ4n) is 2.04. The van der Waals surface area contributed by atoms with Crippen LogP contribution in [0.3, 0.4) is 0 Å². The average Bonchev–Trinajstić information content (AvgIpc) is 2.57. The summed E-state index contributed by atoms with van der Waals surface area (Å²) in [6, 6.07) is 0. The van der Waals surface area contributed by atoms with Crippen LogP contribution in [-0.4, -0.2) is 36.0 Å². The van der Waals surface area contributed by atoms with E-state index < -0.39 is 6.10 Å². The smallest absolute Gasteiger partial charge is 0.122 e. The van der Waals surface area contributed by atoms with E-state index in [0.29, 0.717) is 19.8 Å². The molecule has 2 rings (SSSR count). The van der Waals surface area contributed by atoms with Crippen LogP contribution < -0.4 is 0 Å². The van der Waals surface area contributed by atoms with Gasteiger partial charge < -0.3 is 19.6 Å². The Morgan fingerprint density at radius 2 is 2.00 bits per heavy atom. The summed E-state index contributed by atoms with van der Waals surface area (Å²) < 4.78 is 10.8. The lowest BCUT2D eigenvalue weighted by atomic mass is 10.1. The zero-order valence-corrected chi connectivity index (χ0v) is 10.0. The predicted molar refractivity (Wildman–Crippen MR) is 60.5 cm³/mol. The van der Waals surface area contributed by atoms with Crippen LogP contribution in [0.5, 0.6) is 0 Å². The molecule has 4 nitrogen and oxygen atoms in total. The fourth-order valence-corrected chi connectivity index (χ4v) is 2.04. The molecule has 0 saturated carbocycles. The minimum Gasteiger partial charge on any atom is -0.384 e. The second-order valence-corrected chi connectivity index (χ2v) is 4.34.